The van der Waals surface area contributed by atoms with E-state index in [1.807, 2.05) is 76.2 Å². The van der Waals surface area contributed by atoms with Crippen LogP contribution in [0.25, 0.3) is 0 Å². The predicted octanol–water partition coefficient (Wildman–Crippen LogP) is 3.89. The lowest BCUT2D eigenvalue weighted by Crippen LogP contribution is -2.58. The van der Waals surface area contributed by atoms with E-state index in [0.717, 1.165) is 23.3 Å². The number of nitrogens with zero attached hydrogens (tertiary/aromatic N) is 1. The topological polar surface area (TPSA) is 87.7 Å². The van der Waals surface area contributed by atoms with Gasteiger partial charge in [-0.15, -0.1) is 11.8 Å². The summed E-state index contributed by atoms with van der Waals surface area (Å²) in [5.74, 6) is 0.0107. The van der Waals surface area contributed by atoms with Crippen molar-refractivity contribution in [1.82, 2.24) is 15.5 Å². The molecule has 0 bridgehead atoms. The van der Waals surface area contributed by atoms with Crippen LogP contribution in [0.4, 0.5) is 0 Å². The standard InChI is InChI=1S/C27H33N3O4S/c1-6-16(2)21(23(31)28-15-17-11-13-18(34-5)14-12-17)29-24(32)22-27(3,4)35-26-20-10-8-7-9-19(20)25(33)30(22)26/h7-14,16,21-22,26H,6,15H2,1-5H3,(H,28,31)(H,29,32)/t16-,21-,22-,26-/m0/s1. The van der Waals surface area contributed by atoms with Gasteiger partial charge in [-0.05, 0) is 49.1 Å². The molecule has 0 saturated carbocycles. The molecule has 2 N–H and O–H groups in total. The molecule has 0 radical (unpaired) electrons. The fourth-order valence-corrected chi connectivity index (χ4v) is 6.37. The average molecular weight is 496 g/mol. The molecule has 2 aliphatic rings. The summed E-state index contributed by atoms with van der Waals surface area (Å²) in [6.07, 6.45) is 0.723. The van der Waals surface area contributed by atoms with Crippen LogP contribution in [0.5, 0.6) is 5.75 Å². The number of nitrogens with one attached hydrogen (secondary N) is 2. The van der Waals surface area contributed by atoms with Crippen molar-refractivity contribution in [3.63, 3.8) is 0 Å². The molecule has 2 aliphatic heterocycles. The molecule has 4 atom stereocenters. The van der Waals surface area contributed by atoms with Crippen LogP contribution in [-0.4, -0.2) is 46.6 Å². The molecule has 186 valence electrons. The van der Waals surface area contributed by atoms with Gasteiger partial charge in [0.15, 0.2) is 0 Å². The van der Waals surface area contributed by atoms with E-state index in [9.17, 15) is 14.4 Å². The number of thioether (sulfide) groups is 1. The minimum Gasteiger partial charge on any atom is -0.497 e. The Balaban J connectivity index is 1.50. The molecule has 7 nitrogen and oxygen atoms in total. The van der Waals surface area contributed by atoms with Gasteiger partial charge in [0.1, 0.15) is 23.2 Å². The van der Waals surface area contributed by atoms with Gasteiger partial charge >= 0.3 is 0 Å². The van der Waals surface area contributed by atoms with Crippen molar-refractivity contribution in [3.05, 3.63) is 65.2 Å². The first-order valence-corrected chi connectivity index (χ1v) is 12.9. The van der Waals surface area contributed by atoms with Crippen LogP contribution in [0, 0.1) is 5.92 Å². The molecule has 3 amide bonds. The first kappa shape index (κ1) is 25.1. The fourth-order valence-electron chi connectivity index (χ4n) is 4.78. The number of carbonyl (C=O) groups excluding carboxylic acids is 3. The Bertz CT molecular complexity index is 1120. The number of ether oxygens (including phenoxy) is 1. The van der Waals surface area contributed by atoms with Gasteiger partial charge < -0.3 is 20.3 Å². The Kier molecular flexibility index (Phi) is 7.12. The molecule has 0 unspecified atom stereocenters. The zero-order chi connectivity index (χ0) is 25.3. The predicted molar refractivity (Wildman–Crippen MR) is 137 cm³/mol. The smallest absolute Gasteiger partial charge is 0.256 e. The number of hydrogen-bond donors (Lipinski definition) is 2. The Morgan fingerprint density at radius 2 is 1.83 bits per heavy atom. The van der Waals surface area contributed by atoms with Crippen LogP contribution >= 0.6 is 11.8 Å². The molecule has 1 saturated heterocycles. The molecule has 0 aliphatic carbocycles. The Morgan fingerprint density at radius 3 is 2.49 bits per heavy atom. The summed E-state index contributed by atoms with van der Waals surface area (Å²) in [7, 11) is 1.61. The van der Waals surface area contributed by atoms with Crippen molar-refractivity contribution >= 4 is 29.5 Å². The molecule has 2 heterocycles. The van der Waals surface area contributed by atoms with Crippen LogP contribution in [0.3, 0.4) is 0 Å². The van der Waals surface area contributed by atoms with Gasteiger partial charge in [0.2, 0.25) is 11.8 Å². The zero-order valence-corrected chi connectivity index (χ0v) is 21.6. The van der Waals surface area contributed by atoms with Crippen molar-refractivity contribution in [1.29, 1.82) is 0 Å². The number of methoxy groups -OCH3 is 1. The van der Waals surface area contributed by atoms with E-state index in [0.29, 0.717) is 12.1 Å². The summed E-state index contributed by atoms with van der Waals surface area (Å²) in [6.45, 7) is 8.26. The maximum atomic E-state index is 13.7. The summed E-state index contributed by atoms with van der Waals surface area (Å²) in [6, 6.07) is 13.6. The number of hydrogen-bond acceptors (Lipinski definition) is 5. The lowest BCUT2D eigenvalue weighted by Gasteiger charge is -2.32. The quantitative estimate of drug-likeness (QED) is 0.580. The minimum atomic E-state index is -0.703. The van der Waals surface area contributed by atoms with Crippen LogP contribution in [0.1, 0.15) is 61.0 Å². The number of amides is 3. The van der Waals surface area contributed by atoms with E-state index in [2.05, 4.69) is 10.6 Å². The highest BCUT2D eigenvalue weighted by molar-refractivity contribution is 8.01. The lowest BCUT2D eigenvalue weighted by atomic mass is 9.95. The molecule has 0 spiro atoms. The van der Waals surface area contributed by atoms with Gasteiger partial charge in [-0.1, -0.05) is 50.6 Å². The normalized spacial score (nSPS) is 21.6. The number of carbonyl (C=O) groups is 3. The van der Waals surface area contributed by atoms with Crippen molar-refractivity contribution in [2.75, 3.05) is 7.11 Å². The van der Waals surface area contributed by atoms with E-state index in [-0.39, 0.29) is 29.0 Å². The van der Waals surface area contributed by atoms with Gasteiger partial charge in [-0.25, -0.2) is 0 Å². The monoisotopic (exact) mass is 495 g/mol. The Hall–Kier alpha value is -3.00. The molecular formula is C27H33N3O4S. The fraction of sp³-hybridized carbons (Fsp3) is 0.444. The summed E-state index contributed by atoms with van der Waals surface area (Å²) in [5, 5.41) is 5.76. The van der Waals surface area contributed by atoms with Gasteiger partial charge in [-0.3, -0.25) is 14.4 Å². The Morgan fingerprint density at radius 1 is 1.14 bits per heavy atom. The average Bonchev–Trinajstić information content (AvgIpc) is 3.29. The number of fused-ring (bicyclic) bond motifs is 3. The molecule has 35 heavy (non-hydrogen) atoms. The summed E-state index contributed by atoms with van der Waals surface area (Å²) < 4.78 is 4.68. The zero-order valence-electron chi connectivity index (χ0n) is 20.8. The number of benzene rings is 2. The molecule has 1 fully saturated rings. The third kappa shape index (κ3) is 4.76. The van der Waals surface area contributed by atoms with E-state index >= 15 is 0 Å². The first-order valence-electron chi connectivity index (χ1n) is 12.0. The second kappa shape index (κ2) is 9.93. The van der Waals surface area contributed by atoms with E-state index in [4.69, 9.17) is 4.74 Å². The number of rotatable bonds is 8. The second-order valence-electron chi connectivity index (χ2n) is 9.71. The van der Waals surface area contributed by atoms with Crippen LogP contribution < -0.4 is 15.4 Å². The molecule has 8 heteroatoms. The maximum Gasteiger partial charge on any atom is 0.256 e. The summed E-state index contributed by atoms with van der Waals surface area (Å²) in [4.78, 5) is 41.8. The van der Waals surface area contributed by atoms with Crippen molar-refractivity contribution in [3.8, 4) is 5.75 Å². The van der Waals surface area contributed by atoms with Gasteiger partial charge in [0.05, 0.1) is 7.11 Å². The van der Waals surface area contributed by atoms with Crippen molar-refractivity contribution in [2.45, 2.75) is 62.9 Å². The summed E-state index contributed by atoms with van der Waals surface area (Å²) in [5.41, 5.74) is 2.53. The van der Waals surface area contributed by atoms with Gasteiger partial charge in [0.25, 0.3) is 5.91 Å². The molecule has 2 aromatic rings. The largest absolute Gasteiger partial charge is 0.497 e. The molecule has 2 aromatic carbocycles. The van der Waals surface area contributed by atoms with Crippen LogP contribution in [0.2, 0.25) is 0 Å². The molecule has 4 rings (SSSR count). The van der Waals surface area contributed by atoms with E-state index in [1.165, 1.54) is 0 Å². The minimum absolute atomic E-state index is 0.0748. The highest BCUT2D eigenvalue weighted by atomic mass is 32.2. The van der Waals surface area contributed by atoms with E-state index in [1.54, 1.807) is 23.8 Å². The third-order valence-electron chi connectivity index (χ3n) is 6.96. The summed E-state index contributed by atoms with van der Waals surface area (Å²) >= 11 is 1.61. The van der Waals surface area contributed by atoms with Crippen LogP contribution in [-0.2, 0) is 16.1 Å². The van der Waals surface area contributed by atoms with Crippen molar-refractivity contribution in [2.24, 2.45) is 5.92 Å². The highest BCUT2D eigenvalue weighted by Gasteiger charge is 2.57. The van der Waals surface area contributed by atoms with Gasteiger partial charge in [0, 0.05) is 16.9 Å². The van der Waals surface area contributed by atoms with E-state index < -0.39 is 16.8 Å². The second-order valence-corrected chi connectivity index (χ2v) is 11.4. The Labute approximate surface area is 211 Å². The maximum absolute atomic E-state index is 13.7. The molecular weight excluding hydrogens is 462 g/mol. The van der Waals surface area contributed by atoms with Crippen molar-refractivity contribution < 1.29 is 19.1 Å². The molecule has 0 aromatic heterocycles. The third-order valence-corrected chi connectivity index (χ3v) is 8.50. The van der Waals surface area contributed by atoms with Gasteiger partial charge in [-0.2, -0.15) is 0 Å². The SMILES string of the molecule is CC[C@H](C)[C@H](NC(=O)[C@@H]1N2C(=O)c3ccccc3[C@@H]2SC1(C)C)C(=O)NCc1ccc(OC)cc1. The highest BCUT2D eigenvalue weighted by Crippen LogP contribution is 2.56. The van der Waals surface area contributed by atoms with Crippen LogP contribution in [0.15, 0.2) is 48.5 Å². The lowest BCUT2D eigenvalue weighted by molar-refractivity contribution is -0.133. The first-order chi connectivity index (χ1) is 16.7.